The zero-order valence-electron chi connectivity index (χ0n) is 42.2. The molecule has 6 atom stereocenters. The predicted octanol–water partition coefficient (Wildman–Crippen LogP) is 10.7. The molecule has 0 spiro atoms. The fourth-order valence-corrected chi connectivity index (χ4v) is 11.6. The summed E-state index contributed by atoms with van der Waals surface area (Å²) >= 11 is 0. The lowest BCUT2D eigenvalue weighted by molar-refractivity contribution is -0.136. The number of ether oxygens (including phenoxy) is 2. The van der Waals surface area contributed by atoms with Crippen LogP contribution in [0.3, 0.4) is 0 Å². The van der Waals surface area contributed by atoms with Crippen molar-refractivity contribution in [1.82, 2.24) is 40.4 Å². The van der Waals surface area contributed by atoms with Crippen molar-refractivity contribution in [3.8, 4) is 22.5 Å². The molecule has 0 radical (unpaired) electrons. The first-order chi connectivity index (χ1) is 34.4. The molecule has 15 heteroatoms. The van der Waals surface area contributed by atoms with Crippen LogP contribution in [0.25, 0.3) is 22.5 Å². The number of nitrogens with zero attached hydrogens (tertiary/aromatic N) is 5. The molecule has 2 aromatic heterocycles. The second kappa shape index (κ2) is 21.8. The van der Waals surface area contributed by atoms with Crippen LogP contribution in [0, 0.1) is 11.8 Å². The molecule has 1 aliphatic carbocycles. The highest BCUT2D eigenvalue weighted by atomic mass is 16.5. The summed E-state index contributed by atoms with van der Waals surface area (Å²) < 4.78 is 9.64. The van der Waals surface area contributed by atoms with Crippen LogP contribution < -0.4 is 15.5 Å². The van der Waals surface area contributed by atoms with Crippen molar-refractivity contribution in [2.75, 3.05) is 32.2 Å². The molecule has 4 aliphatic rings. The van der Waals surface area contributed by atoms with Gasteiger partial charge in [0.05, 0.1) is 62.2 Å². The number of alkyl carbamates (subject to hydrolysis) is 2. The maximum Gasteiger partial charge on any atom is 0.407 e. The minimum Gasteiger partial charge on any atom is -0.453 e. The Bertz CT molecular complexity index is 2470. The zero-order chi connectivity index (χ0) is 49.8. The third-order valence-electron chi connectivity index (χ3n) is 15.5. The number of carbonyl (C=O) groups is 4. The minimum atomic E-state index is -0.692. The molecular weight excluding hydrogens is 895 g/mol. The van der Waals surface area contributed by atoms with Gasteiger partial charge in [-0.1, -0.05) is 108 Å². The zero-order valence-corrected chi connectivity index (χ0v) is 42.2. The van der Waals surface area contributed by atoms with Gasteiger partial charge >= 0.3 is 12.2 Å². The monoisotopic (exact) mass is 966 g/mol. The smallest absolute Gasteiger partial charge is 0.407 e. The summed E-state index contributed by atoms with van der Waals surface area (Å²) in [5, 5.41) is 5.47. The Balaban J connectivity index is 0.931. The molecule has 3 aliphatic heterocycles. The number of H-pyrrole nitrogens is 2. The summed E-state index contributed by atoms with van der Waals surface area (Å²) in [5.74, 6) is 1.65. The third kappa shape index (κ3) is 10.6. The Morgan fingerprint density at radius 2 is 0.958 bits per heavy atom. The number of aromatic nitrogens is 4. The average Bonchev–Trinajstić information content (AvgIpc) is 4.27. The van der Waals surface area contributed by atoms with E-state index in [-0.39, 0.29) is 47.8 Å². The Morgan fingerprint density at radius 1 is 0.535 bits per heavy atom. The standard InChI is InChI=1S/C56H71N9O6/c1-34(2)49(61-55(68)70-5)53(66)63-30-10-14-47(63)51-57-32-43(59-51)38-16-20-40(21-17-38)45-28-29-46(65(45)42-26-24-37(25-27-42)36-12-8-7-9-13-36)41-22-18-39(19-23-41)44-33-58-52(60-44)48-15-11-31-64(48)54(67)50(35(3)4)62-56(69)71-6/h16-27,32-36,45-50H,7-15,28-31H2,1-6H3,(H,57,59)(H,58,60)(H,61,68)(H,62,69). The van der Waals surface area contributed by atoms with Crippen molar-refractivity contribution in [2.45, 2.75) is 140 Å². The molecule has 3 saturated heterocycles. The predicted molar refractivity (Wildman–Crippen MR) is 273 cm³/mol. The van der Waals surface area contributed by atoms with Crippen molar-refractivity contribution in [3.05, 3.63) is 114 Å². The summed E-state index contributed by atoms with van der Waals surface area (Å²) in [6.07, 6.45) is 14.2. The first kappa shape index (κ1) is 49.3. The normalized spacial score (nSPS) is 21.4. The fourth-order valence-electron chi connectivity index (χ4n) is 11.6. The highest BCUT2D eigenvalue weighted by molar-refractivity contribution is 5.87. The molecule has 4 fully saturated rings. The van der Waals surface area contributed by atoms with Crippen LogP contribution in [0.4, 0.5) is 15.3 Å². The lowest BCUT2D eigenvalue weighted by atomic mass is 9.84. The van der Waals surface area contributed by atoms with E-state index < -0.39 is 24.3 Å². The molecule has 15 nitrogen and oxygen atoms in total. The highest BCUT2D eigenvalue weighted by Gasteiger charge is 2.40. The quantitative estimate of drug-likeness (QED) is 0.0843. The first-order valence-corrected chi connectivity index (χ1v) is 25.9. The van der Waals surface area contributed by atoms with E-state index in [0.29, 0.717) is 19.0 Å². The molecule has 0 bridgehead atoms. The molecule has 5 aromatic rings. The maximum absolute atomic E-state index is 13.8. The van der Waals surface area contributed by atoms with E-state index in [0.717, 1.165) is 72.7 Å². The Hall–Kier alpha value is -6.64. The SMILES string of the molecule is COC(=O)NC(C(=O)N1CCCC1c1ncc(-c2ccc(C3CCC(c4ccc(-c5cnc(C6CCCN6C(=O)C(NC(=O)OC)C(C)C)[nH]5)cc4)N3c3ccc(C4CCCCC4)cc3)cc2)[nH]1)C(C)C. The van der Waals surface area contributed by atoms with Gasteiger partial charge in [-0.2, -0.15) is 0 Å². The van der Waals surface area contributed by atoms with Crippen LogP contribution in [0.1, 0.15) is 157 Å². The molecule has 4 amide bonds. The minimum absolute atomic E-state index is 0.109. The summed E-state index contributed by atoms with van der Waals surface area (Å²) in [6, 6.07) is 25.6. The van der Waals surface area contributed by atoms with Crippen LogP contribution in [0.15, 0.2) is 85.2 Å². The van der Waals surface area contributed by atoms with Crippen LogP contribution >= 0.6 is 0 Å². The second-order valence-electron chi connectivity index (χ2n) is 20.6. The van der Waals surface area contributed by atoms with Gasteiger partial charge in [0.25, 0.3) is 0 Å². The van der Waals surface area contributed by atoms with Gasteiger partial charge in [0, 0.05) is 18.8 Å². The average molecular weight is 966 g/mol. The number of hydrogen-bond donors (Lipinski definition) is 4. The number of imidazole rings is 2. The van der Waals surface area contributed by atoms with E-state index in [1.54, 1.807) is 0 Å². The van der Waals surface area contributed by atoms with Crippen LogP contribution in [0.5, 0.6) is 0 Å². The molecule has 4 N–H and O–H groups in total. The number of methoxy groups -OCH3 is 2. The number of amides is 4. The van der Waals surface area contributed by atoms with Crippen molar-refractivity contribution in [3.63, 3.8) is 0 Å². The van der Waals surface area contributed by atoms with E-state index >= 15 is 0 Å². The van der Waals surface area contributed by atoms with E-state index in [9.17, 15) is 19.2 Å². The lowest BCUT2D eigenvalue weighted by Gasteiger charge is -2.34. The van der Waals surface area contributed by atoms with Gasteiger partial charge in [-0.15, -0.1) is 0 Å². The molecular formula is C56H71N9O6. The second-order valence-corrected chi connectivity index (χ2v) is 20.6. The van der Waals surface area contributed by atoms with E-state index in [1.165, 1.54) is 68.7 Å². The number of rotatable bonds is 14. The molecule has 71 heavy (non-hydrogen) atoms. The number of carbonyl (C=O) groups excluding carboxylic acids is 4. The van der Waals surface area contributed by atoms with Gasteiger partial charge in [-0.3, -0.25) is 9.59 Å². The largest absolute Gasteiger partial charge is 0.453 e. The number of hydrogen-bond acceptors (Lipinski definition) is 9. The van der Waals surface area contributed by atoms with Crippen LogP contribution in [-0.4, -0.2) is 93.1 Å². The molecule has 6 unspecified atom stereocenters. The fraction of sp³-hybridized carbons (Fsp3) is 0.500. The Morgan fingerprint density at radius 3 is 1.37 bits per heavy atom. The number of benzene rings is 3. The van der Waals surface area contributed by atoms with Gasteiger partial charge in [0.2, 0.25) is 11.8 Å². The van der Waals surface area contributed by atoms with E-state index in [2.05, 4.69) is 98.3 Å². The van der Waals surface area contributed by atoms with Crippen molar-refractivity contribution in [2.24, 2.45) is 11.8 Å². The topological polar surface area (TPSA) is 178 Å². The van der Waals surface area contributed by atoms with Gasteiger partial charge in [0.1, 0.15) is 23.7 Å². The van der Waals surface area contributed by atoms with Crippen LogP contribution in [-0.2, 0) is 19.1 Å². The molecule has 3 aromatic carbocycles. The van der Waals surface area contributed by atoms with Crippen molar-refractivity contribution >= 4 is 29.7 Å². The molecule has 1 saturated carbocycles. The molecule has 376 valence electrons. The summed E-state index contributed by atoms with van der Waals surface area (Å²) in [5.41, 5.74) is 8.99. The van der Waals surface area contributed by atoms with Gasteiger partial charge in [0.15, 0.2) is 0 Å². The number of anilines is 1. The Labute approximate surface area is 417 Å². The van der Waals surface area contributed by atoms with Gasteiger partial charge in [-0.05, 0) is 109 Å². The number of nitrogens with one attached hydrogen (secondary N) is 4. The van der Waals surface area contributed by atoms with Gasteiger partial charge in [-0.25, -0.2) is 19.6 Å². The number of aromatic amines is 2. The number of likely N-dealkylation sites (tertiary alicyclic amines) is 2. The van der Waals surface area contributed by atoms with Crippen molar-refractivity contribution in [1.29, 1.82) is 0 Å². The molecule has 9 rings (SSSR count). The maximum atomic E-state index is 13.8. The summed E-state index contributed by atoms with van der Waals surface area (Å²) in [6.45, 7) is 8.88. The highest BCUT2D eigenvalue weighted by Crippen LogP contribution is 2.48. The summed E-state index contributed by atoms with van der Waals surface area (Å²) in [7, 11) is 2.61. The third-order valence-corrected chi connectivity index (χ3v) is 15.5. The van der Waals surface area contributed by atoms with E-state index in [4.69, 9.17) is 19.4 Å². The Kier molecular flexibility index (Phi) is 15.1. The van der Waals surface area contributed by atoms with Gasteiger partial charge < -0.3 is 44.8 Å². The molecule has 5 heterocycles. The first-order valence-electron chi connectivity index (χ1n) is 25.9. The van der Waals surface area contributed by atoms with E-state index in [1.807, 2.05) is 49.9 Å². The summed E-state index contributed by atoms with van der Waals surface area (Å²) in [4.78, 5) is 74.8. The van der Waals surface area contributed by atoms with Crippen LogP contribution in [0.2, 0.25) is 0 Å². The lowest BCUT2D eigenvalue weighted by Crippen LogP contribution is -2.51. The van der Waals surface area contributed by atoms with Crippen molar-refractivity contribution < 1.29 is 28.7 Å².